The maximum Gasteiger partial charge on any atom is 0.166 e. The third-order valence-electron chi connectivity index (χ3n) is 6.35. The standard InChI is InChI=1S/C19H26O5/c1-11-3-4-14-13(9-20)18(23)17(22)8-19(14,2)15(11)7-16(21)12-5-6-24-10-12/h5-6,10,13-15,17-18,20,22-23H,1,3-4,7-9H2,2H3/t13-,14+,15+,17+,18-,19-/m0/s1. The average Bonchev–Trinajstić information content (AvgIpc) is 3.07. The van der Waals surface area contributed by atoms with Crippen molar-refractivity contribution in [2.24, 2.45) is 23.2 Å². The molecule has 5 heteroatoms. The fraction of sp³-hybridized carbons (Fsp3) is 0.632. The van der Waals surface area contributed by atoms with E-state index in [1.54, 1.807) is 6.07 Å². The van der Waals surface area contributed by atoms with Crippen LogP contribution >= 0.6 is 0 Å². The van der Waals surface area contributed by atoms with Crippen LogP contribution in [0.15, 0.2) is 35.2 Å². The number of hydrogen-bond donors (Lipinski definition) is 3. The van der Waals surface area contributed by atoms with E-state index in [1.807, 2.05) is 0 Å². The molecule has 0 bridgehead atoms. The molecule has 5 nitrogen and oxygen atoms in total. The summed E-state index contributed by atoms with van der Waals surface area (Å²) in [4.78, 5) is 12.6. The quantitative estimate of drug-likeness (QED) is 0.580. The van der Waals surface area contributed by atoms with Gasteiger partial charge in [0.25, 0.3) is 0 Å². The van der Waals surface area contributed by atoms with Gasteiger partial charge in [0.15, 0.2) is 5.78 Å². The number of carbonyl (C=O) groups excluding carboxylic acids is 1. The number of furan rings is 1. The van der Waals surface area contributed by atoms with E-state index < -0.39 is 12.2 Å². The Morgan fingerprint density at radius 2 is 2.21 bits per heavy atom. The molecule has 2 fully saturated rings. The van der Waals surface area contributed by atoms with Gasteiger partial charge >= 0.3 is 0 Å². The lowest BCUT2D eigenvalue weighted by Gasteiger charge is -2.56. The number of ketones is 1. The lowest BCUT2D eigenvalue weighted by Crippen LogP contribution is -2.57. The molecule has 3 N–H and O–H groups in total. The Balaban J connectivity index is 1.89. The van der Waals surface area contributed by atoms with E-state index >= 15 is 0 Å². The second-order valence-electron chi connectivity index (χ2n) is 7.61. The normalized spacial score (nSPS) is 39.5. The van der Waals surface area contributed by atoms with Crippen LogP contribution in [-0.4, -0.2) is 39.9 Å². The fourth-order valence-electron chi connectivity index (χ4n) is 5.00. The van der Waals surface area contributed by atoms with Gasteiger partial charge in [0.2, 0.25) is 0 Å². The Hall–Kier alpha value is -1.43. The molecule has 2 aliphatic rings. The number of carbonyl (C=O) groups is 1. The summed E-state index contributed by atoms with van der Waals surface area (Å²) in [5, 5.41) is 30.3. The molecule has 6 atom stereocenters. The lowest BCUT2D eigenvalue weighted by molar-refractivity contribution is -0.152. The van der Waals surface area contributed by atoms with Gasteiger partial charge in [-0.2, -0.15) is 0 Å². The molecule has 0 unspecified atom stereocenters. The molecule has 0 amide bonds. The summed E-state index contributed by atoms with van der Waals surface area (Å²) in [6, 6.07) is 1.66. The zero-order chi connectivity index (χ0) is 17.5. The first-order valence-corrected chi connectivity index (χ1v) is 8.58. The number of fused-ring (bicyclic) bond motifs is 1. The minimum Gasteiger partial charge on any atom is -0.472 e. The predicted molar refractivity (Wildman–Crippen MR) is 88.3 cm³/mol. The van der Waals surface area contributed by atoms with Gasteiger partial charge in [0.1, 0.15) is 6.26 Å². The first-order chi connectivity index (χ1) is 11.4. The van der Waals surface area contributed by atoms with Crippen LogP contribution in [0.25, 0.3) is 0 Å². The minimum absolute atomic E-state index is 0.00191. The van der Waals surface area contributed by atoms with Crippen LogP contribution in [0.1, 0.15) is 43.0 Å². The van der Waals surface area contributed by atoms with Crippen molar-refractivity contribution in [3.05, 3.63) is 36.3 Å². The van der Waals surface area contributed by atoms with Gasteiger partial charge in [-0.3, -0.25) is 4.79 Å². The van der Waals surface area contributed by atoms with E-state index in [0.717, 1.165) is 18.4 Å². The van der Waals surface area contributed by atoms with Gasteiger partial charge in [-0.15, -0.1) is 0 Å². The molecule has 2 aliphatic carbocycles. The summed E-state index contributed by atoms with van der Waals surface area (Å²) in [5.74, 6) is -0.375. The summed E-state index contributed by atoms with van der Waals surface area (Å²) in [6.07, 6.45) is 3.46. The van der Waals surface area contributed by atoms with Crippen molar-refractivity contribution in [1.29, 1.82) is 0 Å². The van der Waals surface area contributed by atoms with Crippen LogP contribution in [0.2, 0.25) is 0 Å². The smallest absolute Gasteiger partial charge is 0.166 e. The molecule has 0 spiro atoms. The zero-order valence-corrected chi connectivity index (χ0v) is 14.0. The maximum absolute atomic E-state index is 12.6. The number of aliphatic hydroxyl groups excluding tert-OH is 3. The SMILES string of the molecule is C=C1CC[C@@H]2[C@H](CO)[C@H](O)[C@H](O)C[C@]2(C)[C@@H]1CC(=O)c1ccoc1. The van der Waals surface area contributed by atoms with E-state index in [2.05, 4.69) is 13.5 Å². The molecule has 0 saturated heterocycles. The molecule has 24 heavy (non-hydrogen) atoms. The number of allylic oxidation sites excluding steroid dienone is 1. The van der Waals surface area contributed by atoms with Crippen LogP contribution in [0.3, 0.4) is 0 Å². The highest BCUT2D eigenvalue weighted by atomic mass is 16.3. The first kappa shape index (κ1) is 17.4. The van der Waals surface area contributed by atoms with Crippen molar-refractivity contribution in [2.45, 2.75) is 44.8 Å². The van der Waals surface area contributed by atoms with Crippen molar-refractivity contribution in [1.82, 2.24) is 0 Å². The number of aliphatic hydroxyl groups is 3. The largest absolute Gasteiger partial charge is 0.472 e. The Kier molecular flexibility index (Phi) is 4.69. The maximum atomic E-state index is 12.6. The van der Waals surface area contributed by atoms with Gasteiger partial charge in [-0.25, -0.2) is 0 Å². The van der Waals surface area contributed by atoms with Crippen LogP contribution in [0, 0.1) is 23.2 Å². The Bertz CT molecular complexity index is 607. The molecule has 1 aromatic rings. The van der Waals surface area contributed by atoms with E-state index in [1.165, 1.54) is 12.5 Å². The fourth-order valence-corrected chi connectivity index (χ4v) is 5.00. The van der Waals surface area contributed by atoms with Crippen molar-refractivity contribution in [3.63, 3.8) is 0 Å². The Morgan fingerprint density at radius 3 is 2.83 bits per heavy atom. The Morgan fingerprint density at radius 1 is 1.46 bits per heavy atom. The molecule has 132 valence electrons. The number of hydrogen-bond acceptors (Lipinski definition) is 5. The van der Waals surface area contributed by atoms with E-state index in [4.69, 9.17) is 4.42 Å². The van der Waals surface area contributed by atoms with Crippen LogP contribution in [-0.2, 0) is 0 Å². The second kappa shape index (κ2) is 6.47. The van der Waals surface area contributed by atoms with E-state index in [-0.39, 0.29) is 35.6 Å². The average molecular weight is 334 g/mol. The number of rotatable bonds is 4. The monoisotopic (exact) mass is 334 g/mol. The molecule has 2 saturated carbocycles. The molecule has 1 aromatic heterocycles. The highest BCUT2D eigenvalue weighted by molar-refractivity contribution is 5.96. The molecular weight excluding hydrogens is 308 g/mol. The zero-order valence-electron chi connectivity index (χ0n) is 14.0. The molecular formula is C19H26O5. The number of Topliss-reactive ketones (excluding diaryl/α,β-unsaturated/α-hetero) is 1. The lowest BCUT2D eigenvalue weighted by atomic mass is 9.49. The highest BCUT2D eigenvalue weighted by Gasteiger charge is 2.55. The van der Waals surface area contributed by atoms with Gasteiger partial charge in [-0.1, -0.05) is 19.1 Å². The molecule has 1 heterocycles. The molecule has 0 aliphatic heterocycles. The van der Waals surface area contributed by atoms with Gasteiger partial charge in [0, 0.05) is 18.9 Å². The Labute approximate surface area is 142 Å². The van der Waals surface area contributed by atoms with E-state index in [0.29, 0.717) is 18.4 Å². The summed E-state index contributed by atoms with van der Waals surface area (Å²) < 4.78 is 5.00. The first-order valence-electron chi connectivity index (χ1n) is 8.58. The molecule has 0 radical (unpaired) electrons. The molecule has 3 rings (SSSR count). The molecule has 0 aromatic carbocycles. The highest BCUT2D eigenvalue weighted by Crippen LogP contribution is 2.57. The van der Waals surface area contributed by atoms with Crippen LogP contribution < -0.4 is 0 Å². The summed E-state index contributed by atoms with van der Waals surface area (Å²) in [7, 11) is 0. The van der Waals surface area contributed by atoms with Crippen molar-refractivity contribution >= 4 is 5.78 Å². The van der Waals surface area contributed by atoms with E-state index in [9.17, 15) is 20.1 Å². The topological polar surface area (TPSA) is 90.9 Å². The van der Waals surface area contributed by atoms with Crippen molar-refractivity contribution in [3.8, 4) is 0 Å². The van der Waals surface area contributed by atoms with Crippen LogP contribution in [0.4, 0.5) is 0 Å². The van der Waals surface area contributed by atoms with Crippen LogP contribution in [0.5, 0.6) is 0 Å². The van der Waals surface area contributed by atoms with Gasteiger partial charge in [-0.05, 0) is 42.6 Å². The second-order valence-corrected chi connectivity index (χ2v) is 7.61. The predicted octanol–water partition coefficient (Wildman–Crippen LogP) is 2.18. The minimum atomic E-state index is -0.912. The summed E-state index contributed by atoms with van der Waals surface area (Å²) >= 11 is 0. The summed E-state index contributed by atoms with van der Waals surface area (Å²) in [6.45, 7) is 6.08. The third kappa shape index (κ3) is 2.75. The third-order valence-corrected chi connectivity index (χ3v) is 6.35. The summed E-state index contributed by atoms with van der Waals surface area (Å²) in [5.41, 5.74) is 1.20. The van der Waals surface area contributed by atoms with Crippen molar-refractivity contribution < 1.29 is 24.5 Å². The van der Waals surface area contributed by atoms with Crippen molar-refractivity contribution in [2.75, 3.05) is 6.61 Å². The van der Waals surface area contributed by atoms with Gasteiger partial charge in [0.05, 0.1) is 24.0 Å². The van der Waals surface area contributed by atoms with Gasteiger partial charge < -0.3 is 19.7 Å².